The Bertz CT molecular complexity index is 505. The Labute approximate surface area is 121 Å². The van der Waals surface area contributed by atoms with Crippen LogP contribution in [0.4, 0.5) is 0 Å². The van der Waals surface area contributed by atoms with Crippen LogP contribution in [0, 0.1) is 0 Å². The highest BCUT2D eigenvalue weighted by molar-refractivity contribution is 5.52. The summed E-state index contributed by atoms with van der Waals surface area (Å²) in [5.41, 5.74) is 1.23. The van der Waals surface area contributed by atoms with Crippen molar-refractivity contribution in [2.75, 3.05) is 6.61 Å². The molecule has 1 aromatic heterocycles. The number of hydrogen-bond donors (Lipinski definition) is 0. The largest absolute Gasteiger partial charge is 0.342 e. The zero-order valence-corrected chi connectivity index (χ0v) is 12.6. The van der Waals surface area contributed by atoms with Gasteiger partial charge in [0.1, 0.15) is 12.4 Å². The van der Waals surface area contributed by atoms with Crippen LogP contribution in [0.15, 0.2) is 42.7 Å². The summed E-state index contributed by atoms with van der Waals surface area (Å²) in [7, 11) is 0. The molecule has 3 heteroatoms. The fourth-order valence-electron chi connectivity index (χ4n) is 2.36. The predicted molar refractivity (Wildman–Crippen MR) is 81.2 cm³/mol. The molecule has 0 aliphatic rings. The minimum absolute atomic E-state index is 0.626. The van der Waals surface area contributed by atoms with Gasteiger partial charge in [-0.15, -0.1) is 0 Å². The van der Waals surface area contributed by atoms with Crippen molar-refractivity contribution in [2.24, 2.45) is 0 Å². The van der Waals surface area contributed by atoms with Crippen molar-refractivity contribution >= 4 is 0 Å². The minimum atomic E-state index is 0.626. The van der Waals surface area contributed by atoms with E-state index in [-0.39, 0.29) is 0 Å². The van der Waals surface area contributed by atoms with E-state index in [1.807, 2.05) is 6.07 Å². The Kier molecular flexibility index (Phi) is 5.81. The van der Waals surface area contributed by atoms with Gasteiger partial charge in [-0.05, 0) is 25.5 Å². The molecule has 0 N–H and O–H groups in total. The lowest BCUT2D eigenvalue weighted by molar-refractivity contribution is -0.722. The van der Waals surface area contributed by atoms with Gasteiger partial charge in [-0.1, -0.05) is 38.0 Å². The van der Waals surface area contributed by atoms with Gasteiger partial charge in [-0.3, -0.25) is 0 Å². The van der Waals surface area contributed by atoms with E-state index in [1.54, 1.807) is 0 Å². The van der Waals surface area contributed by atoms with Gasteiger partial charge in [0.15, 0.2) is 6.73 Å². The first-order valence-corrected chi connectivity index (χ1v) is 7.58. The molecule has 0 saturated carbocycles. The highest BCUT2D eigenvalue weighted by atomic mass is 16.5. The molecule has 0 spiro atoms. The van der Waals surface area contributed by atoms with Gasteiger partial charge in [0.05, 0.1) is 18.7 Å². The summed E-state index contributed by atoms with van der Waals surface area (Å²) in [4.78, 5) is 0. The van der Waals surface area contributed by atoms with E-state index in [1.165, 1.54) is 24.2 Å². The number of nitrogens with zero attached hydrogens (tertiary/aromatic N) is 2. The topological polar surface area (TPSA) is 18.0 Å². The minimum Gasteiger partial charge on any atom is -0.342 e. The monoisotopic (exact) mass is 273 g/mol. The first-order chi connectivity index (χ1) is 9.86. The van der Waals surface area contributed by atoms with Crippen LogP contribution in [0.3, 0.4) is 0 Å². The highest BCUT2D eigenvalue weighted by Crippen LogP contribution is 2.15. The third kappa shape index (κ3) is 3.70. The summed E-state index contributed by atoms with van der Waals surface area (Å²) in [5.74, 6) is 1.21. The van der Waals surface area contributed by atoms with E-state index in [9.17, 15) is 0 Å². The van der Waals surface area contributed by atoms with Gasteiger partial charge in [0.2, 0.25) is 0 Å². The van der Waals surface area contributed by atoms with E-state index >= 15 is 0 Å². The maximum absolute atomic E-state index is 5.79. The van der Waals surface area contributed by atoms with Gasteiger partial charge < -0.3 is 4.74 Å². The van der Waals surface area contributed by atoms with Crippen molar-refractivity contribution < 1.29 is 9.30 Å². The van der Waals surface area contributed by atoms with Crippen LogP contribution in [0.25, 0.3) is 11.4 Å². The fraction of sp³-hybridized carbons (Fsp3) is 0.471. The Hall–Kier alpha value is -1.61. The molecular weight excluding hydrogens is 248 g/mol. The van der Waals surface area contributed by atoms with Crippen LogP contribution in [-0.2, 0) is 18.0 Å². The van der Waals surface area contributed by atoms with Gasteiger partial charge >= 0.3 is 0 Å². The highest BCUT2D eigenvalue weighted by Gasteiger charge is 2.17. The first kappa shape index (κ1) is 14.8. The maximum atomic E-state index is 5.79. The molecule has 0 bridgehead atoms. The lowest BCUT2D eigenvalue weighted by atomic mass is 10.2. The van der Waals surface area contributed by atoms with E-state index < -0.39 is 0 Å². The van der Waals surface area contributed by atoms with Crippen LogP contribution in [-0.4, -0.2) is 11.2 Å². The van der Waals surface area contributed by atoms with Crippen molar-refractivity contribution in [3.05, 3.63) is 42.7 Å². The van der Waals surface area contributed by atoms with Crippen molar-refractivity contribution in [3.63, 3.8) is 0 Å². The second-order valence-corrected chi connectivity index (χ2v) is 4.99. The summed E-state index contributed by atoms with van der Waals surface area (Å²) >= 11 is 0. The number of rotatable bonds is 8. The molecule has 3 nitrogen and oxygen atoms in total. The molecule has 0 aliphatic carbocycles. The Morgan fingerprint density at radius 2 is 1.90 bits per heavy atom. The third-order valence-electron chi connectivity index (χ3n) is 3.47. The van der Waals surface area contributed by atoms with Crippen molar-refractivity contribution in [3.8, 4) is 11.4 Å². The average molecular weight is 273 g/mol. The number of aromatic nitrogens is 2. The smallest absolute Gasteiger partial charge is 0.290 e. The molecule has 0 fully saturated rings. The molecular formula is C17H25N2O+. The molecule has 2 rings (SSSR count). The second kappa shape index (κ2) is 7.85. The molecule has 1 aromatic carbocycles. The van der Waals surface area contributed by atoms with E-state index in [4.69, 9.17) is 4.74 Å². The molecule has 20 heavy (non-hydrogen) atoms. The molecule has 0 amide bonds. The van der Waals surface area contributed by atoms with Crippen LogP contribution >= 0.6 is 0 Å². The third-order valence-corrected chi connectivity index (χ3v) is 3.47. The number of aryl methyl sites for hydroxylation is 1. The number of hydrogen-bond acceptors (Lipinski definition) is 1. The summed E-state index contributed by atoms with van der Waals surface area (Å²) in [6, 6.07) is 10.5. The maximum Gasteiger partial charge on any atom is 0.290 e. The predicted octanol–water partition coefficient (Wildman–Crippen LogP) is 3.63. The van der Waals surface area contributed by atoms with Gasteiger partial charge in [0.25, 0.3) is 5.82 Å². The van der Waals surface area contributed by atoms with Crippen LogP contribution < -0.4 is 4.57 Å². The summed E-state index contributed by atoms with van der Waals surface area (Å²) < 4.78 is 10.2. The van der Waals surface area contributed by atoms with Gasteiger partial charge in [0, 0.05) is 0 Å². The lowest BCUT2D eigenvalue weighted by Gasteiger charge is -2.05. The fourth-order valence-corrected chi connectivity index (χ4v) is 2.36. The second-order valence-electron chi connectivity index (χ2n) is 4.99. The van der Waals surface area contributed by atoms with Crippen molar-refractivity contribution in [2.45, 2.75) is 46.4 Å². The van der Waals surface area contributed by atoms with E-state index in [0.717, 1.165) is 19.6 Å². The summed E-state index contributed by atoms with van der Waals surface area (Å²) in [6.07, 6.45) is 7.85. The van der Waals surface area contributed by atoms with Gasteiger partial charge in [-0.2, -0.15) is 0 Å². The molecule has 2 aromatic rings. The van der Waals surface area contributed by atoms with E-state index in [0.29, 0.717) is 6.73 Å². The molecule has 0 unspecified atom stereocenters. The average Bonchev–Trinajstić information content (AvgIpc) is 2.91. The zero-order valence-electron chi connectivity index (χ0n) is 12.6. The van der Waals surface area contributed by atoms with Gasteiger partial charge in [-0.25, -0.2) is 9.13 Å². The normalized spacial score (nSPS) is 10.9. The SMILES string of the molecule is CCCCCOC[n+]1ccn(CC)c1-c1ccccc1. The lowest BCUT2D eigenvalue weighted by Crippen LogP contribution is -2.36. The molecule has 0 saturated heterocycles. The molecule has 0 atom stereocenters. The molecule has 0 radical (unpaired) electrons. The molecule has 108 valence electrons. The van der Waals surface area contributed by atoms with Crippen LogP contribution in [0.5, 0.6) is 0 Å². The number of ether oxygens (including phenoxy) is 1. The number of unbranched alkanes of at least 4 members (excludes halogenated alkanes) is 2. The summed E-state index contributed by atoms with van der Waals surface area (Å²) in [5, 5.41) is 0. The van der Waals surface area contributed by atoms with Crippen molar-refractivity contribution in [1.29, 1.82) is 0 Å². The quantitative estimate of drug-likeness (QED) is 0.530. The Morgan fingerprint density at radius 3 is 2.60 bits per heavy atom. The Morgan fingerprint density at radius 1 is 1.10 bits per heavy atom. The number of benzene rings is 1. The van der Waals surface area contributed by atoms with Crippen molar-refractivity contribution in [1.82, 2.24) is 4.57 Å². The molecule has 0 aliphatic heterocycles. The Balaban J connectivity index is 2.08. The first-order valence-electron chi connectivity index (χ1n) is 7.58. The van der Waals surface area contributed by atoms with Crippen LogP contribution in [0.2, 0.25) is 0 Å². The summed E-state index contributed by atoms with van der Waals surface area (Å²) in [6.45, 7) is 6.81. The molecule has 1 heterocycles. The standard InChI is InChI=1S/C17H25N2O/c1-3-5-9-14-20-15-19-13-12-18(4-2)17(19)16-10-7-6-8-11-16/h6-8,10-13H,3-5,9,14-15H2,1-2H3/q+1. The van der Waals surface area contributed by atoms with E-state index in [2.05, 4.69) is 59.6 Å². The number of imidazole rings is 1. The zero-order chi connectivity index (χ0) is 14.2. The van der Waals surface area contributed by atoms with Crippen LogP contribution in [0.1, 0.15) is 33.1 Å².